The van der Waals surface area contributed by atoms with Crippen LogP contribution in [0.25, 0.3) is 11.3 Å². The summed E-state index contributed by atoms with van der Waals surface area (Å²) in [6.45, 7) is 4.58. The summed E-state index contributed by atoms with van der Waals surface area (Å²) in [6.07, 6.45) is 1.63. The van der Waals surface area contributed by atoms with Crippen molar-refractivity contribution in [3.8, 4) is 11.3 Å². The van der Waals surface area contributed by atoms with Crippen LogP contribution in [0.4, 0.5) is 5.69 Å². The number of carbonyl (C=O) groups excluding carboxylic acids is 1. The number of hydrogen-bond acceptors (Lipinski definition) is 7. The maximum Gasteiger partial charge on any atom is 0.307 e. The van der Waals surface area contributed by atoms with Gasteiger partial charge in [0.05, 0.1) is 35.2 Å². The molecule has 27 heavy (non-hydrogen) atoms. The number of non-ortho nitro benzene ring substituents is 1. The number of ether oxygens (including phenoxy) is 2. The molecule has 8 heteroatoms. The van der Waals surface area contributed by atoms with Crippen LogP contribution < -0.4 is 0 Å². The van der Waals surface area contributed by atoms with E-state index in [1.165, 1.54) is 23.5 Å². The fourth-order valence-corrected chi connectivity index (χ4v) is 5.12. The van der Waals surface area contributed by atoms with E-state index in [0.29, 0.717) is 25.9 Å². The average Bonchev–Trinajstić information content (AvgIpc) is 3.18. The molecule has 2 saturated heterocycles. The van der Waals surface area contributed by atoms with Gasteiger partial charge in [-0.1, -0.05) is 0 Å². The molecule has 1 aromatic heterocycles. The molecular formula is C19H20N2O5S. The number of hydrogen-bond donors (Lipinski definition) is 0. The van der Waals surface area contributed by atoms with Gasteiger partial charge in [-0.15, -0.1) is 11.3 Å². The van der Waals surface area contributed by atoms with Gasteiger partial charge in [0.1, 0.15) is 10.6 Å². The summed E-state index contributed by atoms with van der Waals surface area (Å²) in [5, 5.41) is 13.6. The number of nitrogens with zero attached hydrogens (tertiary/aromatic N) is 2. The molecule has 0 aliphatic carbocycles. The zero-order valence-corrected chi connectivity index (χ0v) is 16.0. The van der Waals surface area contributed by atoms with Gasteiger partial charge in [-0.05, 0) is 26.0 Å². The van der Waals surface area contributed by atoms with Crippen molar-refractivity contribution in [3.63, 3.8) is 0 Å². The fourth-order valence-electron chi connectivity index (χ4n) is 4.08. The minimum atomic E-state index is -0.566. The van der Waals surface area contributed by atoms with Gasteiger partial charge in [0.25, 0.3) is 5.69 Å². The van der Waals surface area contributed by atoms with E-state index >= 15 is 0 Å². The van der Waals surface area contributed by atoms with Gasteiger partial charge in [0, 0.05) is 35.9 Å². The van der Waals surface area contributed by atoms with Crippen molar-refractivity contribution in [3.05, 3.63) is 44.8 Å². The molecular weight excluding hydrogens is 368 g/mol. The minimum absolute atomic E-state index is 0.0485. The topological polar surface area (TPSA) is 91.6 Å². The van der Waals surface area contributed by atoms with E-state index in [1.807, 2.05) is 19.2 Å². The van der Waals surface area contributed by atoms with Crippen molar-refractivity contribution in [1.29, 1.82) is 0 Å². The van der Waals surface area contributed by atoms with E-state index in [9.17, 15) is 14.9 Å². The number of nitro groups is 1. The second kappa shape index (κ2) is 6.38. The minimum Gasteiger partial charge on any atom is -0.458 e. The smallest absolute Gasteiger partial charge is 0.307 e. The highest BCUT2D eigenvalue weighted by Gasteiger charge is 2.55. The summed E-state index contributed by atoms with van der Waals surface area (Å²) in [5.74, 6) is -0.283. The second-order valence-electron chi connectivity index (χ2n) is 7.71. The normalized spacial score (nSPS) is 26.9. The molecule has 2 fully saturated rings. The summed E-state index contributed by atoms with van der Waals surface area (Å²) >= 11 is 1.50. The highest BCUT2D eigenvalue weighted by Crippen LogP contribution is 2.51. The van der Waals surface area contributed by atoms with Crippen LogP contribution in [0.2, 0.25) is 0 Å². The standard InChI is InChI=1S/C19H20N2O5S/c1-18(2)11-19(7-8-25-18)14(9-16(22)26-19)17-20-15(10-27-17)12-3-5-13(6-4-12)21(23)24/h3-6,10,14H,7-9,11H2,1-2H3/t14-,19+/m1/s1. The quantitative estimate of drug-likeness (QED) is 0.447. The first-order chi connectivity index (χ1) is 12.8. The molecule has 2 aliphatic heterocycles. The molecule has 0 amide bonds. The van der Waals surface area contributed by atoms with E-state index in [2.05, 4.69) is 0 Å². The molecule has 0 radical (unpaired) electrons. The predicted molar refractivity (Wildman–Crippen MR) is 99.7 cm³/mol. The van der Waals surface area contributed by atoms with E-state index in [4.69, 9.17) is 14.5 Å². The largest absolute Gasteiger partial charge is 0.458 e. The van der Waals surface area contributed by atoms with Gasteiger partial charge >= 0.3 is 5.97 Å². The lowest BCUT2D eigenvalue weighted by molar-refractivity contribution is -0.384. The molecule has 1 aromatic carbocycles. The summed E-state index contributed by atoms with van der Waals surface area (Å²) < 4.78 is 11.6. The van der Waals surface area contributed by atoms with E-state index in [-0.39, 0.29) is 23.2 Å². The molecule has 0 saturated carbocycles. The van der Waals surface area contributed by atoms with E-state index < -0.39 is 10.5 Å². The third-order valence-corrected chi connectivity index (χ3v) is 6.22. The van der Waals surface area contributed by atoms with Gasteiger partial charge < -0.3 is 9.47 Å². The number of rotatable bonds is 3. The van der Waals surface area contributed by atoms with Gasteiger partial charge in [0.2, 0.25) is 0 Å². The van der Waals surface area contributed by atoms with Gasteiger partial charge in [-0.2, -0.15) is 0 Å². The third kappa shape index (κ3) is 3.35. The zero-order valence-electron chi connectivity index (χ0n) is 15.1. The Labute approximate surface area is 160 Å². The molecule has 142 valence electrons. The Balaban J connectivity index is 1.63. The summed E-state index contributed by atoms with van der Waals surface area (Å²) in [5.41, 5.74) is 0.705. The van der Waals surface area contributed by atoms with Crippen molar-refractivity contribution < 1.29 is 19.2 Å². The van der Waals surface area contributed by atoms with Crippen LogP contribution in [-0.4, -0.2) is 33.7 Å². The molecule has 2 atom stereocenters. The van der Waals surface area contributed by atoms with Gasteiger partial charge in [0.15, 0.2) is 0 Å². The molecule has 0 unspecified atom stereocenters. The van der Waals surface area contributed by atoms with Crippen LogP contribution in [0, 0.1) is 10.1 Å². The monoisotopic (exact) mass is 388 g/mol. The predicted octanol–water partition coefficient (Wildman–Crippen LogP) is 4.08. The second-order valence-corrected chi connectivity index (χ2v) is 8.60. The fraction of sp³-hybridized carbons (Fsp3) is 0.474. The van der Waals surface area contributed by atoms with Crippen LogP contribution in [0.3, 0.4) is 0 Å². The highest BCUT2D eigenvalue weighted by atomic mass is 32.1. The highest BCUT2D eigenvalue weighted by molar-refractivity contribution is 7.10. The van der Waals surface area contributed by atoms with Crippen molar-refractivity contribution >= 4 is 23.0 Å². The first-order valence-corrected chi connectivity index (χ1v) is 9.72. The number of esters is 1. The average molecular weight is 388 g/mol. The number of thiazole rings is 1. The maximum absolute atomic E-state index is 12.1. The first kappa shape index (κ1) is 18.1. The van der Waals surface area contributed by atoms with Crippen molar-refractivity contribution in [1.82, 2.24) is 4.98 Å². The number of benzene rings is 1. The first-order valence-electron chi connectivity index (χ1n) is 8.84. The molecule has 2 aliphatic rings. The van der Waals surface area contributed by atoms with E-state index in [1.54, 1.807) is 12.1 Å². The molecule has 7 nitrogen and oxygen atoms in total. The zero-order chi connectivity index (χ0) is 19.2. The number of carbonyl (C=O) groups is 1. The summed E-state index contributed by atoms with van der Waals surface area (Å²) in [6, 6.07) is 6.33. The molecule has 0 N–H and O–H groups in total. The van der Waals surface area contributed by atoms with Crippen LogP contribution >= 0.6 is 11.3 Å². The molecule has 4 rings (SSSR count). The van der Waals surface area contributed by atoms with Crippen LogP contribution in [-0.2, 0) is 14.3 Å². The lowest BCUT2D eigenvalue weighted by Gasteiger charge is -2.43. The maximum atomic E-state index is 12.1. The molecule has 0 bridgehead atoms. The Morgan fingerprint density at radius 1 is 1.30 bits per heavy atom. The Kier molecular flexibility index (Phi) is 4.27. The van der Waals surface area contributed by atoms with E-state index in [0.717, 1.165) is 16.3 Å². The van der Waals surface area contributed by atoms with Gasteiger partial charge in [-0.3, -0.25) is 14.9 Å². The Morgan fingerprint density at radius 2 is 2.04 bits per heavy atom. The van der Waals surface area contributed by atoms with Crippen molar-refractivity contribution in [2.45, 2.75) is 50.2 Å². The van der Waals surface area contributed by atoms with Crippen LogP contribution in [0.1, 0.15) is 44.0 Å². The Morgan fingerprint density at radius 3 is 2.70 bits per heavy atom. The number of aromatic nitrogens is 1. The molecule has 2 aromatic rings. The van der Waals surface area contributed by atoms with Crippen LogP contribution in [0.15, 0.2) is 29.6 Å². The third-order valence-electron chi connectivity index (χ3n) is 5.26. The summed E-state index contributed by atoms with van der Waals surface area (Å²) in [7, 11) is 0. The number of nitro benzene ring substituents is 1. The lowest BCUT2D eigenvalue weighted by atomic mass is 9.76. The van der Waals surface area contributed by atoms with Crippen LogP contribution in [0.5, 0.6) is 0 Å². The van der Waals surface area contributed by atoms with Crippen molar-refractivity contribution in [2.75, 3.05) is 6.61 Å². The SMILES string of the molecule is CC1(C)C[C@]2(CCO1)OC(=O)C[C@@H]2c1nc(-c2ccc([N+](=O)[O-])cc2)cs1. The molecule has 1 spiro atoms. The summed E-state index contributed by atoms with van der Waals surface area (Å²) in [4.78, 5) is 27.3. The lowest BCUT2D eigenvalue weighted by Crippen LogP contribution is -2.48. The van der Waals surface area contributed by atoms with Gasteiger partial charge in [-0.25, -0.2) is 4.98 Å². The Bertz CT molecular complexity index is 892. The van der Waals surface area contributed by atoms with Crippen molar-refractivity contribution in [2.24, 2.45) is 0 Å². The molecule has 3 heterocycles. The Hall–Kier alpha value is -2.32.